The molecule has 0 saturated carbocycles. The lowest BCUT2D eigenvalue weighted by Gasteiger charge is -2.23. The number of anilines is 1. The molecule has 3 rings (SSSR count). The van der Waals surface area contributed by atoms with Crippen molar-refractivity contribution in [2.75, 3.05) is 24.2 Å². The third kappa shape index (κ3) is 5.45. The number of methoxy groups -OCH3 is 1. The molecule has 0 saturated heterocycles. The average molecular weight is 487 g/mol. The molecule has 1 aromatic heterocycles. The number of carbonyl (C=O) groups is 1. The minimum Gasteiger partial charge on any atom is -0.495 e. The Morgan fingerprint density at radius 1 is 1.18 bits per heavy atom. The van der Waals surface area contributed by atoms with Gasteiger partial charge in [0.05, 0.1) is 31.0 Å². The highest BCUT2D eigenvalue weighted by Crippen LogP contribution is 2.30. The van der Waals surface area contributed by atoms with E-state index in [0.717, 1.165) is 27.5 Å². The number of aryl methyl sites for hydroxylation is 2. The summed E-state index contributed by atoms with van der Waals surface area (Å²) in [5, 5.41) is 3.98. The quantitative estimate of drug-likeness (QED) is 0.390. The molecular weight excluding hydrogens is 459 g/mol. The second kappa shape index (κ2) is 10.1. The van der Waals surface area contributed by atoms with Crippen LogP contribution in [0.1, 0.15) is 22.5 Å². The van der Waals surface area contributed by atoms with E-state index in [9.17, 15) is 17.6 Å². The highest BCUT2D eigenvalue weighted by atomic mass is 32.2. The Kier molecular flexibility index (Phi) is 7.41. The summed E-state index contributed by atoms with van der Waals surface area (Å²) in [4.78, 5) is 12.5. The number of halogens is 1. The minimum atomic E-state index is -3.78. The number of nitrogens with zero attached hydrogens (tertiary/aromatic N) is 3. The Hall–Kier alpha value is -3.66. The number of hydrogen-bond donors (Lipinski definition) is 1. The lowest BCUT2D eigenvalue weighted by atomic mass is 10.2. The summed E-state index contributed by atoms with van der Waals surface area (Å²) in [6.45, 7) is 4.99. The molecular formula is C24H27FN4O4S. The number of aromatic nitrogens is 1. The number of hydrazone groups is 1. The van der Waals surface area contributed by atoms with Gasteiger partial charge in [-0.05, 0) is 56.7 Å². The Bertz CT molecular complexity index is 1350. The van der Waals surface area contributed by atoms with Crippen LogP contribution in [-0.4, -0.2) is 45.0 Å². The van der Waals surface area contributed by atoms with Crippen LogP contribution in [0, 0.1) is 26.6 Å². The fourth-order valence-corrected chi connectivity index (χ4v) is 4.49. The SMILES string of the molecule is COc1ccc(C)cc1N(CC(=O)N/N=C\c1cc(C)n(-c2ccccc2F)c1C)S(C)(=O)=O. The molecule has 0 aliphatic heterocycles. The minimum absolute atomic E-state index is 0.262. The van der Waals surface area contributed by atoms with E-state index in [2.05, 4.69) is 10.5 Å². The Labute approximate surface area is 198 Å². The van der Waals surface area contributed by atoms with Crippen molar-refractivity contribution in [3.63, 3.8) is 0 Å². The van der Waals surface area contributed by atoms with Crippen molar-refractivity contribution < 1.29 is 22.3 Å². The predicted molar refractivity (Wildman–Crippen MR) is 131 cm³/mol. The van der Waals surface area contributed by atoms with Gasteiger partial charge in [-0.2, -0.15) is 5.10 Å². The molecule has 0 aliphatic carbocycles. The highest BCUT2D eigenvalue weighted by molar-refractivity contribution is 7.92. The zero-order valence-corrected chi connectivity index (χ0v) is 20.5. The monoisotopic (exact) mass is 486 g/mol. The molecule has 8 nitrogen and oxygen atoms in total. The Balaban J connectivity index is 1.79. The Morgan fingerprint density at radius 2 is 1.88 bits per heavy atom. The molecule has 0 spiro atoms. The van der Waals surface area contributed by atoms with Crippen LogP contribution in [0.15, 0.2) is 53.6 Å². The number of benzene rings is 2. The van der Waals surface area contributed by atoms with Crippen molar-refractivity contribution in [2.24, 2.45) is 5.10 Å². The largest absolute Gasteiger partial charge is 0.495 e. The zero-order valence-electron chi connectivity index (χ0n) is 19.7. The number of ether oxygens (including phenoxy) is 1. The van der Waals surface area contributed by atoms with Gasteiger partial charge in [-0.15, -0.1) is 0 Å². The summed E-state index contributed by atoms with van der Waals surface area (Å²) in [7, 11) is -2.35. The summed E-state index contributed by atoms with van der Waals surface area (Å²) < 4.78 is 47.1. The maximum atomic E-state index is 14.3. The maximum absolute atomic E-state index is 14.3. The van der Waals surface area contributed by atoms with Crippen molar-refractivity contribution in [2.45, 2.75) is 20.8 Å². The van der Waals surface area contributed by atoms with E-state index in [1.54, 1.807) is 41.0 Å². The average Bonchev–Trinajstić information content (AvgIpc) is 3.04. The normalized spacial score (nSPS) is 11.6. The molecule has 1 heterocycles. The summed E-state index contributed by atoms with van der Waals surface area (Å²) in [6.07, 6.45) is 2.46. The van der Waals surface area contributed by atoms with Gasteiger partial charge in [-0.25, -0.2) is 18.2 Å². The number of carbonyl (C=O) groups excluding carboxylic acids is 1. The zero-order chi connectivity index (χ0) is 25.0. The summed E-state index contributed by atoms with van der Waals surface area (Å²) in [5.74, 6) is -0.658. The van der Waals surface area contributed by atoms with Crippen molar-refractivity contribution >= 4 is 27.8 Å². The van der Waals surface area contributed by atoms with Crippen LogP contribution in [0.5, 0.6) is 5.75 Å². The van der Waals surface area contributed by atoms with Crippen LogP contribution in [0.2, 0.25) is 0 Å². The maximum Gasteiger partial charge on any atom is 0.260 e. The molecule has 0 fully saturated rings. The lowest BCUT2D eigenvalue weighted by Crippen LogP contribution is -2.39. The first-order valence-corrected chi connectivity index (χ1v) is 12.3. The van der Waals surface area contributed by atoms with Gasteiger partial charge in [0.1, 0.15) is 18.1 Å². The lowest BCUT2D eigenvalue weighted by molar-refractivity contribution is -0.119. The first kappa shape index (κ1) is 25.0. The van der Waals surface area contributed by atoms with Gasteiger partial charge in [0.15, 0.2) is 0 Å². The topological polar surface area (TPSA) is 93.0 Å². The van der Waals surface area contributed by atoms with Crippen molar-refractivity contribution in [1.29, 1.82) is 0 Å². The summed E-state index contributed by atoms with van der Waals surface area (Å²) in [6, 6.07) is 13.3. The van der Waals surface area contributed by atoms with E-state index in [-0.39, 0.29) is 11.5 Å². The van der Waals surface area contributed by atoms with E-state index in [4.69, 9.17) is 4.74 Å². The molecule has 3 aromatic rings. The van der Waals surface area contributed by atoms with Gasteiger partial charge < -0.3 is 9.30 Å². The molecule has 0 unspecified atom stereocenters. The molecule has 0 aliphatic rings. The van der Waals surface area contributed by atoms with Gasteiger partial charge in [-0.1, -0.05) is 18.2 Å². The molecule has 1 amide bonds. The van der Waals surface area contributed by atoms with Crippen LogP contribution in [0.25, 0.3) is 5.69 Å². The molecule has 10 heteroatoms. The number of amides is 1. The van der Waals surface area contributed by atoms with E-state index < -0.39 is 22.5 Å². The van der Waals surface area contributed by atoms with Crippen molar-refractivity contribution in [1.82, 2.24) is 9.99 Å². The van der Waals surface area contributed by atoms with Gasteiger partial charge in [-0.3, -0.25) is 9.10 Å². The fraction of sp³-hybridized carbons (Fsp3) is 0.250. The predicted octanol–water partition coefficient (Wildman–Crippen LogP) is 3.47. The van der Waals surface area contributed by atoms with Crippen LogP contribution < -0.4 is 14.5 Å². The number of sulfonamides is 1. The highest BCUT2D eigenvalue weighted by Gasteiger charge is 2.24. The summed E-state index contributed by atoms with van der Waals surface area (Å²) >= 11 is 0. The third-order valence-corrected chi connectivity index (χ3v) is 6.37. The number of nitrogens with one attached hydrogen (secondary N) is 1. The third-order valence-electron chi connectivity index (χ3n) is 5.25. The molecule has 1 N–H and O–H groups in total. The van der Waals surface area contributed by atoms with Gasteiger partial charge >= 0.3 is 0 Å². The molecule has 0 radical (unpaired) electrons. The van der Waals surface area contributed by atoms with E-state index in [0.29, 0.717) is 17.0 Å². The number of hydrogen-bond acceptors (Lipinski definition) is 5. The first-order valence-electron chi connectivity index (χ1n) is 10.4. The van der Waals surface area contributed by atoms with Gasteiger partial charge in [0, 0.05) is 17.0 Å². The number of para-hydroxylation sites is 1. The molecule has 2 aromatic carbocycles. The molecule has 34 heavy (non-hydrogen) atoms. The van der Waals surface area contributed by atoms with Crippen molar-refractivity contribution in [3.05, 3.63) is 76.9 Å². The second-order valence-corrected chi connectivity index (χ2v) is 9.76. The smallest absolute Gasteiger partial charge is 0.260 e. The van der Waals surface area contributed by atoms with E-state index >= 15 is 0 Å². The number of rotatable bonds is 8. The standard InChI is InChI=1S/C24H27FN4O4S/c1-16-10-11-23(33-4)22(12-16)28(34(5,31)32)15-24(30)27-26-14-19-13-17(2)29(18(19)3)21-9-7-6-8-20(21)25/h6-14H,15H2,1-5H3,(H,27,30)/b26-14-. The van der Waals surface area contributed by atoms with Crippen LogP contribution in [0.3, 0.4) is 0 Å². The first-order chi connectivity index (χ1) is 16.0. The van der Waals surface area contributed by atoms with E-state index in [1.807, 2.05) is 26.8 Å². The van der Waals surface area contributed by atoms with Crippen LogP contribution in [-0.2, 0) is 14.8 Å². The van der Waals surface area contributed by atoms with Crippen LogP contribution >= 0.6 is 0 Å². The molecule has 0 bridgehead atoms. The molecule has 0 atom stereocenters. The van der Waals surface area contributed by atoms with E-state index in [1.165, 1.54) is 19.4 Å². The fourth-order valence-electron chi connectivity index (χ4n) is 3.64. The Morgan fingerprint density at radius 3 is 2.53 bits per heavy atom. The van der Waals surface area contributed by atoms with Crippen molar-refractivity contribution in [3.8, 4) is 11.4 Å². The summed E-state index contributed by atoms with van der Waals surface area (Å²) in [5.41, 5.74) is 6.07. The van der Waals surface area contributed by atoms with Crippen LogP contribution in [0.4, 0.5) is 10.1 Å². The van der Waals surface area contributed by atoms with Gasteiger partial charge in [0.25, 0.3) is 5.91 Å². The second-order valence-electron chi connectivity index (χ2n) is 7.85. The molecule has 180 valence electrons. The van der Waals surface area contributed by atoms with Gasteiger partial charge in [0.2, 0.25) is 10.0 Å².